The first-order valence-electron chi connectivity index (χ1n) is 18.0. The van der Waals surface area contributed by atoms with E-state index in [1.807, 2.05) is 12.1 Å². The van der Waals surface area contributed by atoms with Gasteiger partial charge in [0.05, 0.1) is 5.69 Å². The van der Waals surface area contributed by atoms with Crippen LogP contribution in [0.25, 0.3) is 87.7 Å². The van der Waals surface area contributed by atoms with Gasteiger partial charge in [-0.15, -0.1) is 0 Å². The third-order valence-electron chi connectivity index (χ3n) is 10.7. The Hall–Kier alpha value is -7.10. The predicted octanol–water partition coefficient (Wildman–Crippen LogP) is 14.6. The average molecular weight is 678 g/mol. The van der Waals surface area contributed by atoms with Crippen LogP contribution in [0.2, 0.25) is 0 Å². The highest BCUT2D eigenvalue weighted by Crippen LogP contribution is 2.44. The lowest BCUT2D eigenvalue weighted by Crippen LogP contribution is -2.10. The van der Waals surface area contributed by atoms with Crippen LogP contribution in [-0.4, -0.2) is 0 Å². The highest BCUT2D eigenvalue weighted by Gasteiger charge is 2.20. The standard InChI is InChI=1S/C50H31NO2/c1-3-13-38-32(10-1)12-7-16-39(38)34-22-27-36(28-23-34)51(45-20-9-18-43-42-15-5-6-21-46(42)52-50(43)45)37-29-24-35(25-30-37)41-17-8-19-44-48-40-14-4-2-11-33(40)26-31-47(48)53-49(41)44/h1-31H. The second kappa shape index (κ2) is 11.7. The van der Waals surface area contributed by atoms with Gasteiger partial charge in [0.1, 0.15) is 16.7 Å². The van der Waals surface area contributed by atoms with Crippen molar-refractivity contribution in [2.45, 2.75) is 0 Å². The molecule has 0 amide bonds. The van der Waals surface area contributed by atoms with Gasteiger partial charge in [0.25, 0.3) is 0 Å². The maximum Gasteiger partial charge on any atom is 0.159 e. The minimum absolute atomic E-state index is 0.857. The molecule has 0 N–H and O–H groups in total. The Morgan fingerprint density at radius 1 is 0.321 bits per heavy atom. The van der Waals surface area contributed by atoms with E-state index in [4.69, 9.17) is 8.83 Å². The molecule has 0 saturated carbocycles. The van der Waals surface area contributed by atoms with E-state index < -0.39 is 0 Å². The molecule has 11 aromatic rings. The monoisotopic (exact) mass is 677 g/mol. The van der Waals surface area contributed by atoms with Gasteiger partial charge in [-0.25, -0.2) is 0 Å². The van der Waals surface area contributed by atoms with Gasteiger partial charge >= 0.3 is 0 Å². The predicted molar refractivity (Wildman–Crippen MR) is 222 cm³/mol. The summed E-state index contributed by atoms with van der Waals surface area (Å²) in [4.78, 5) is 2.30. The van der Waals surface area contributed by atoms with E-state index >= 15 is 0 Å². The summed E-state index contributed by atoms with van der Waals surface area (Å²) in [7, 11) is 0. The van der Waals surface area contributed by atoms with Crippen molar-refractivity contribution in [2.24, 2.45) is 0 Å². The summed E-state index contributed by atoms with van der Waals surface area (Å²) in [5.41, 5.74) is 11.2. The van der Waals surface area contributed by atoms with Crippen LogP contribution in [-0.2, 0) is 0 Å². The topological polar surface area (TPSA) is 29.5 Å². The zero-order chi connectivity index (χ0) is 34.9. The number of hydrogen-bond donors (Lipinski definition) is 0. The molecule has 0 saturated heterocycles. The Morgan fingerprint density at radius 2 is 0.868 bits per heavy atom. The quantitative estimate of drug-likeness (QED) is 0.182. The van der Waals surface area contributed by atoms with Crippen LogP contribution < -0.4 is 4.90 Å². The fraction of sp³-hybridized carbons (Fsp3) is 0. The summed E-state index contributed by atoms with van der Waals surface area (Å²) in [5.74, 6) is 0. The third kappa shape index (κ3) is 4.68. The van der Waals surface area contributed by atoms with E-state index in [-0.39, 0.29) is 0 Å². The molecule has 9 aromatic carbocycles. The van der Waals surface area contributed by atoms with E-state index in [9.17, 15) is 0 Å². The largest absolute Gasteiger partial charge is 0.455 e. The molecule has 3 heteroatoms. The lowest BCUT2D eigenvalue weighted by atomic mass is 9.98. The molecule has 0 bridgehead atoms. The highest BCUT2D eigenvalue weighted by atomic mass is 16.3. The molecule has 0 unspecified atom stereocenters. The number of rotatable bonds is 5. The molecule has 0 spiro atoms. The molecule has 0 radical (unpaired) electrons. The Morgan fingerprint density at radius 3 is 1.66 bits per heavy atom. The molecule has 3 nitrogen and oxygen atoms in total. The molecule has 0 aliphatic rings. The number of hydrogen-bond acceptors (Lipinski definition) is 3. The van der Waals surface area contributed by atoms with Crippen LogP contribution in [0.4, 0.5) is 17.1 Å². The normalized spacial score (nSPS) is 11.8. The van der Waals surface area contributed by atoms with E-state index in [0.717, 1.165) is 72.1 Å². The first-order chi connectivity index (χ1) is 26.3. The lowest BCUT2D eigenvalue weighted by Gasteiger charge is -2.26. The zero-order valence-electron chi connectivity index (χ0n) is 28.7. The van der Waals surface area contributed by atoms with E-state index in [0.29, 0.717) is 0 Å². The van der Waals surface area contributed by atoms with Crippen molar-refractivity contribution in [1.82, 2.24) is 0 Å². The molecule has 0 aliphatic heterocycles. The summed E-state index contributed by atoms with van der Waals surface area (Å²) >= 11 is 0. The van der Waals surface area contributed by atoms with E-state index in [2.05, 4.69) is 181 Å². The van der Waals surface area contributed by atoms with Crippen molar-refractivity contribution in [1.29, 1.82) is 0 Å². The molecule has 53 heavy (non-hydrogen) atoms. The molecular weight excluding hydrogens is 647 g/mol. The second-order valence-electron chi connectivity index (χ2n) is 13.7. The van der Waals surface area contributed by atoms with Crippen LogP contribution >= 0.6 is 0 Å². The van der Waals surface area contributed by atoms with Crippen LogP contribution in [0.3, 0.4) is 0 Å². The molecule has 2 aromatic heterocycles. The molecule has 0 atom stereocenters. The molecule has 248 valence electrons. The number of furan rings is 2. The SMILES string of the molecule is c1ccc2c(-c3ccc(N(c4ccc(-c5cccc6c5oc5ccc7ccccc7c56)cc4)c4cccc5c4oc4ccccc45)cc3)cccc2c1. The van der Waals surface area contributed by atoms with Crippen molar-refractivity contribution >= 4 is 82.5 Å². The number of para-hydroxylation sites is 3. The fourth-order valence-electron chi connectivity index (χ4n) is 8.19. The smallest absolute Gasteiger partial charge is 0.159 e. The Labute approximate surface area is 305 Å². The van der Waals surface area contributed by atoms with Crippen molar-refractivity contribution in [3.63, 3.8) is 0 Å². The Kier molecular flexibility index (Phi) is 6.55. The second-order valence-corrected chi connectivity index (χ2v) is 13.7. The van der Waals surface area contributed by atoms with Gasteiger partial charge in [0.15, 0.2) is 5.58 Å². The van der Waals surface area contributed by atoms with Gasteiger partial charge in [-0.05, 0) is 80.7 Å². The number of fused-ring (bicyclic) bond motifs is 9. The Balaban J connectivity index is 1.06. The van der Waals surface area contributed by atoms with Gasteiger partial charge in [0, 0.05) is 38.5 Å². The molecule has 11 rings (SSSR count). The highest BCUT2D eigenvalue weighted by molar-refractivity contribution is 6.20. The van der Waals surface area contributed by atoms with Crippen molar-refractivity contribution in [3.05, 3.63) is 188 Å². The van der Waals surface area contributed by atoms with Gasteiger partial charge in [-0.1, -0.05) is 146 Å². The summed E-state index contributed by atoms with van der Waals surface area (Å²) in [6.07, 6.45) is 0. The molecule has 0 aliphatic carbocycles. The minimum Gasteiger partial charge on any atom is -0.455 e. The summed E-state index contributed by atoms with van der Waals surface area (Å²) in [6.45, 7) is 0. The zero-order valence-corrected chi connectivity index (χ0v) is 28.7. The maximum atomic E-state index is 6.60. The number of anilines is 3. The number of nitrogens with zero attached hydrogens (tertiary/aromatic N) is 1. The molecular formula is C50H31NO2. The fourth-order valence-corrected chi connectivity index (χ4v) is 8.19. The van der Waals surface area contributed by atoms with Gasteiger partial charge in [-0.3, -0.25) is 0 Å². The van der Waals surface area contributed by atoms with Crippen molar-refractivity contribution < 1.29 is 8.83 Å². The maximum absolute atomic E-state index is 6.60. The minimum atomic E-state index is 0.857. The number of benzene rings is 9. The van der Waals surface area contributed by atoms with Crippen LogP contribution in [0.5, 0.6) is 0 Å². The van der Waals surface area contributed by atoms with E-state index in [1.165, 1.54) is 32.7 Å². The van der Waals surface area contributed by atoms with E-state index in [1.54, 1.807) is 0 Å². The van der Waals surface area contributed by atoms with Crippen molar-refractivity contribution in [2.75, 3.05) is 4.90 Å². The summed E-state index contributed by atoms with van der Waals surface area (Å²) < 4.78 is 13.2. The van der Waals surface area contributed by atoms with Crippen LogP contribution in [0.1, 0.15) is 0 Å². The first kappa shape index (κ1) is 29.6. The Bertz CT molecular complexity index is 3160. The lowest BCUT2D eigenvalue weighted by molar-refractivity contribution is 0.669. The van der Waals surface area contributed by atoms with Crippen LogP contribution in [0.15, 0.2) is 197 Å². The average Bonchev–Trinajstić information content (AvgIpc) is 3.81. The van der Waals surface area contributed by atoms with Gasteiger partial charge in [0.2, 0.25) is 0 Å². The first-order valence-corrected chi connectivity index (χ1v) is 18.0. The molecule has 2 heterocycles. The van der Waals surface area contributed by atoms with Gasteiger partial charge in [-0.2, -0.15) is 0 Å². The molecule has 0 fully saturated rings. The third-order valence-corrected chi connectivity index (χ3v) is 10.7. The van der Waals surface area contributed by atoms with Crippen LogP contribution in [0, 0.1) is 0 Å². The summed E-state index contributed by atoms with van der Waals surface area (Å²) in [6, 6.07) is 66.6. The van der Waals surface area contributed by atoms with Gasteiger partial charge < -0.3 is 13.7 Å². The van der Waals surface area contributed by atoms with Crippen molar-refractivity contribution in [3.8, 4) is 22.3 Å². The summed E-state index contributed by atoms with van der Waals surface area (Å²) in [5, 5.41) is 9.39.